The van der Waals surface area contributed by atoms with Gasteiger partial charge in [0.2, 0.25) is 11.8 Å². The second kappa shape index (κ2) is 7.54. The first-order valence-electron chi connectivity index (χ1n) is 7.55. The molecule has 0 saturated heterocycles. The average molecular weight is 356 g/mol. The number of amides is 1. The van der Waals surface area contributed by atoms with E-state index in [9.17, 15) is 18.0 Å². The van der Waals surface area contributed by atoms with Gasteiger partial charge in [-0.3, -0.25) is 4.79 Å². The summed E-state index contributed by atoms with van der Waals surface area (Å²) in [4.78, 5) is 21.5. The van der Waals surface area contributed by atoms with Crippen LogP contribution >= 0.6 is 0 Å². The molecule has 6 nitrogen and oxygen atoms in total. The topological polar surface area (TPSA) is 66.8 Å². The van der Waals surface area contributed by atoms with Crippen molar-refractivity contribution in [3.63, 3.8) is 0 Å². The van der Waals surface area contributed by atoms with Gasteiger partial charge in [0.25, 0.3) is 0 Å². The molecule has 0 spiro atoms. The van der Waals surface area contributed by atoms with Gasteiger partial charge < -0.3 is 15.0 Å². The molecular formula is C16H19F3N4O2. The maximum Gasteiger partial charge on any atom is 0.422 e. The van der Waals surface area contributed by atoms with E-state index in [4.69, 9.17) is 0 Å². The van der Waals surface area contributed by atoms with E-state index in [0.717, 1.165) is 11.3 Å². The molecule has 1 aliphatic heterocycles. The molecule has 1 N–H and O–H groups in total. The monoisotopic (exact) mass is 356 g/mol. The summed E-state index contributed by atoms with van der Waals surface area (Å²) in [6.45, 7) is 3.98. The Labute approximate surface area is 143 Å². The Morgan fingerprint density at radius 3 is 2.68 bits per heavy atom. The lowest BCUT2D eigenvalue weighted by Gasteiger charge is -2.34. The third-order valence-electron chi connectivity index (χ3n) is 3.52. The zero-order valence-corrected chi connectivity index (χ0v) is 14.1. The second-order valence-electron chi connectivity index (χ2n) is 5.61. The van der Waals surface area contributed by atoms with E-state index in [1.165, 1.54) is 13.0 Å². The lowest BCUT2D eigenvalue weighted by molar-refractivity contribution is -0.154. The number of hydrogen-bond donors (Lipinski definition) is 1. The maximum absolute atomic E-state index is 12.2. The van der Waals surface area contributed by atoms with Gasteiger partial charge in [-0.25, -0.2) is 9.98 Å². The molecule has 1 unspecified atom stereocenters. The van der Waals surface area contributed by atoms with Crippen LogP contribution in [-0.2, 0) is 11.3 Å². The number of carbonyl (C=O) groups is 1. The van der Waals surface area contributed by atoms with Crippen LogP contribution in [-0.4, -0.2) is 41.1 Å². The van der Waals surface area contributed by atoms with E-state index in [2.05, 4.69) is 20.0 Å². The van der Waals surface area contributed by atoms with Gasteiger partial charge >= 0.3 is 6.18 Å². The number of rotatable bonds is 5. The van der Waals surface area contributed by atoms with Crippen LogP contribution in [0.15, 0.2) is 28.9 Å². The summed E-state index contributed by atoms with van der Waals surface area (Å²) in [5.74, 6) is -0.298. The number of carbonyl (C=O) groups excluding carboxylic acids is 1. The van der Waals surface area contributed by atoms with E-state index in [1.54, 1.807) is 19.2 Å². The molecule has 1 atom stereocenters. The van der Waals surface area contributed by atoms with Gasteiger partial charge in [0, 0.05) is 37.1 Å². The smallest absolute Gasteiger partial charge is 0.422 e. The number of ether oxygens (including phenoxy) is 1. The highest BCUT2D eigenvalue weighted by Crippen LogP contribution is 2.22. The number of aliphatic imine (C=N–C) groups is 1. The number of aryl methyl sites for hydroxylation is 1. The van der Waals surface area contributed by atoms with Crippen LogP contribution in [0.1, 0.15) is 25.1 Å². The lowest BCUT2D eigenvalue weighted by atomic mass is 10.1. The Bertz CT molecular complexity index is 701. The van der Waals surface area contributed by atoms with Crippen LogP contribution in [0, 0.1) is 6.92 Å². The summed E-state index contributed by atoms with van der Waals surface area (Å²) in [6, 6.07) is 3.05. The normalized spacial score (nSPS) is 17.3. The molecule has 0 bridgehead atoms. The van der Waals surface area contributed by atoms with Crippen molar-refractivity contribution in [3.05, 3.63) is 35.2 Å². The highest BCUT2D eigenvalue weighted by atomic mass is 19.4. The first-order valence-corrected chi connectivity index (χ1v) is 7.55. The molecule has 2 heterocycles. The van der Waals surface area contributed by atoms with Gasteiger partial charge in [-0.05, 0) is 25.5 Å². The molecule has 136 valence electrons. The molecule has 0 saturated carbocycles. The van der Waals surface area contributed by atoms with Gasteiger partial charge in [0.1, 0.15) is 0 Å². The average Bonchev–Trinajstić information content (AvgIpc) is 2.49. The zero-order valence-electron chi connectivity index (χ0n) is 14.1. The Morgan fingerprint density at radius 1 is 1.36 bits per heavy atom. The van der Waals surface area contributed by atoms with E-state index in [0.29, 0.717) is 12.2 Å². The Kier molecular flexibility index (Phi) is 5.66. The van der Waals surface area contributed by atoms with Gasteiger partial charge in [0.05, 0.1) is 0 Å². The maximum atomic E-state index is 12.2. The fourth-order valence-corrected chi connectivity index (χ4v) is 2.26. The SMILES string of the molecule is CC(=O)NC1N=CC=C(C)N1Cc1ccc(OCC(F)(F)F)nc1C. The third-order valence-corrected chi connectivity index (χ3v) is 3.52. The highest BCUT2D eigenvalue weighted by Gasteiger charge is 2.29. The van der Waals surface area contributed by atoms with Crippen LogP contribution in [0.25, 0.3) is 0 Å². The van der Waals surface area contributed by atoms with E-state index < -0.39 is 19.1 Å². The number of allylic oxidation sites excluding steroid dienone is 2. The molecule has 0 fully saturated rings. The predicted molar refractivity (Wildman–Crippen MR) is 85.9 cm³/mol. The van der Waals surface area contributed by atoms with E-state index >= 15 is 0 Å². The first kappa shape index (κ1) is 18.8. The van der Waals surface area contributed by atoms with Gasteiger partial charge in [-0.15, -0.1) is 0 Å². The van der Waals surface area contributed by atoms with Crippen molar-refractivity contribution in [2.75, 3.05) is 6.61 Å². The van der Waals surface area contributed by atoms with Crippen LogP contribution in [0.5, 0.6) is 5.88 Å². The molecule has 1 aromatic heterocycles. The number of hydrogen-bond acceptors (Lipinski definition) is 5. The zero-order chi connectivity index (χ0) is 18.6. The van der Waals surface area contributed by atoms with E-state index in [1.807, 2.05) is 17.9 Å². The summed E-state index contributed by atoms with van der Waals surface area (Å²) >= 11 is 0. The summed E-state index contributed by atoms with van der Waals surface area (Å²) in [5, 5.41) is 2.73. The minimum absolute atomic E-state index is 0.0825. The minimum atomic E-state index is -4.41. The minimum Gasteiger partial charge on any atom is -0.468 e. The van der Waals surface area contributed by atoms with Gasteiger partial charge in [-0.1, -0.05) is 6.07 Å². The van der Waals surface area contributed by atoms with E-state index in [-0.39, 0.29) is 11.8 Å². The molecule has 0 aromatic carbocycles. The van der Waals surface area contributed by atoms with Crippen molar-refractivity contribution in [1.29, 1.82) is 0 Å². The van der Waals surface area contributed by atoms with Gasteiger partial charge in [-0.2, -0.15) is 13.2 Å². The molecule has 1 aromatic rings. The fourth-order valence-electron chi connectivity index (χ4n) is 2.26. The van der Waals surface area contributed by atoms with Crippen LogP contribution in [0.2, 0.25) is 0 Å². The Morgan fingerprint density at radius 2 is 2.08 bits per heavy atom. The van der Waals surface area contributed by atoms with Crippen molar-refractivity contribution in [3.8, 4) is 5.88 Å². The number of nitrogens with zero attached hydrogens (tertiary/aromatic N) is 3. The van der Waals surface area contributed by atoms with Crippen molar-refractivity contribution in [2.24, 2.45) is 4.99 Å². The number of nitrogens with one attached hydrogen (secondary N) is 1. The molecule has 2 rings (SSSR count). The van der Waals surface area contributed by atoms with Crippen molar-refractivity contribution >= 4 is 12.1 Å². The summed E-state index contributed by atoms with van der Waals surface area (Å²) in [5.41, 5.74) is 2.23. The predicted octanol–water partition coefficient (Wildman–Crippen LogP) is 2.54. The standard InChI is InChI=1S/C16H19F3N4O2/c1-10-6-7-20-15(22-12(3)24)23(10)8-13-4-5-14(21-11(13)2)25-9-16(17,18)19/h4-7,15H,8-9H2,1-3H3,(H,22,24). The number of aromatic nitrogens is 1. The van der Waals surface area contributed by atoms with Crippen LogP contribution in [0.4, 0.5) is 13.2 Å². The summed E-state index contributed by atoms with van der Waals surface area (Å²) < 4.78 is 41.3. The highest BCUT2D eigenvalue weighted by molar-refractivity contribution is 5.76. The van der Waals surface area contributed by atoms with Crippen LogP contribution in [0.3, 0.4) is 0 Å². The number of alkyl halides is 3. The van der Waals surface area contributed by atoms with Gasteiger partial charge in [0.15, 0.2) is 12.9 Å². The van der Waals surface area contributed by atoms with Crippen molar-refractivity contribution < 1.29 is 22.7 Å². The van der Waals surface area contributed by atoms with Crippen LogP contribution < -0.4 is 10.1 Å². The molecule has 0 radical (unpaired) electrons. The number of pyridine rings is 1. The summed E-state index contributed by atoms with van der Waals surface area (Å²) in [6.07, 6.45) is -1.52. The Balaban J connectivity index is 2.11. The lowest BCUT2D eigenvalue weighted by Crippen LogP contribution is -2.46. The molecular weight excluding hydrogens is 337 g/mol. The largest absolute Gasteiger partial charge is 0.468 e. The second-order valence-corrected chi connectivity index (χ2v) is 5.61. The molecule has 1 amide bonds. The van der Waals surface area contributed by atoms with Crippen molar-refractivity contribution in [2.45, 2.75) is 39.8 Å². The third kappa shape index (κ3) is 5.47. The molecule has 0 aliphatic carbocycles. The first-order chi connectivity index (χ1) is 11.7. The number of halogens is 3. The molecule has 25 heavy (non-hydrogen) atoms. The molecule has 1 aliphatic rings. The van der Waals surface area contributed by atoms with Crippen molar-refractivity contribution in [1.82, 2.24) is 15.2 Å². The summed E-state index contributed by atoms with van der Waals surface area (Å²) in [7, 11) is 0. The Hall–Kier alpha value is -2.58. The molecule has 9 heteroatoms. The fraction of sp³-hybridized carbons (Fsp3) is 0.438. The quantitative estimate of drug-likeness (QED) is 0.880.